The normalized spacial score (nSPS) is 23.4. The van der Waals surface area contributed by atoms with Crippen molar-refractivity contribution in [2.45, 2.75) is 32.0 Å². The maximum Gasteiger partial charge on any atom is 0.393 e. The van der Waals surface area contributed by atoms with E-state index in [-0.39, 0.29) is 13.0 Å². The van der Waals surface area contributed by atoms with Gasteiger partial charge in [-0.05, 0) is 43.0 Å². The van der Waals surface area contributed by atoms with E-state index in [1.807, 2.05) is 11.0 Å². The Morgan fingerprint density at radius 1 is 1.30 bits per heavy atom. The molecule has 0 spiro atoms. The molecule has 1 atom stereocenters. The Morgan fingerprint density at radius 3 is 2.95 bits per heavy atom. The zero-order chi connectivity index (χ0) is 14.2. The highest BCUT2D eigenvalue weighted by Gasteiger charge is 2.41. The van der Waals surface area contributed by atoms with Crippen molar-refractivity contribution in [1.29, 1.82) is 0 Å². The van der Waals surface area contributed by atoms with E-state index in [0.717, 1.165) is 30.8 Å². The summed E-state index contributed by atoms with van der Waals surface area (Å²) in [6, 6.07) is 6.22. The second-order valence-electron chi connectivity index (χ2n) is 5.78. The fourth-order valence-corrected chi connectivity index (χ4v) is 3.16. The van der Waals surface area contributed by atoms with Crippen LogP contribution in [0.5, 0.6) is 0 Å². The van der Waals surface area contributed by atoms with E-state index in [0.29, 0.717) is 13.0 Å². The number of likely N-dealkylation sites (tertiary alicyclic amines) is 1. The fraction of sp³-hybridized carbons (Fsp3) is 0.600. The summed E-state index contributed by atoms with van der Waals surface area (Å²) in [7, 11) is 0. The lowest BCUT2D eigenvalue weighted by Gasteiger charge is -2.33. The molecule has 5 heteroatoms. The standard InChI is InChI=1S/C15H19F3N2/c16-15(17,18)13-2-1-7-20(10-13)9-11-3-4-12-5-6-19-14(12)8-11/h3-4,8,13,19H,1-2,5-7,9-10H2. The molecular formula is C15H19F3N2. The smallest absolute Gasteiger partial charge is 0.384 e. The zero-order valence-electron chi connectivity index (χ0n) is 11.3. The van der Waals surface area contributed by atoms with E-state index in [9.17, 15) is 13.2 Å². The van der Waals surface area contributed by atoms with Crippen LogP contribution in [-0.4, -0.2) is 30.7 Å². The van der Waals surface area contributed by atoms with Crippen LogP contribution in [-0.2, 0) is 13.0 Å². The minimum Gasteiger partial charge on any atom is -0.384 e. The molecule has 0 amide bonds. The van der Waals surface area contributed by atoms with E-state index >= 15 is 0 Å². The highest BCUT2D eigenvalue weighted by atomic mass is 19.4. The van der Waals surface area contributed by atoms with Gasteiger partial charge in [0, 0.05) is 25.3 Å². The van der Waals surface area contributed by atoms with Gasteiger partial charge in [-0.2, -0.15) is 13.2 Å². The van der Waals surface area contributed by atoms with Crippen LogP contribution in [0.1, 0.15) is 24.0 Å². The molecule has 110 valence electrons. The molecule has 1 fully saturated rings. The van der Waals surface area contributed by atoms with Crippen LogP contribution in [0.15, 0.2) is 18.2 Å². The first-order chi connectivity index (χ1) is 9.52. The molecule has 0 aliphatic carbocycles. The maximum absolute atomic E-state index is 12.8. The molecule has 0 radical (unpaired) electrons. The van der Waals surface area contributed by atoms with Crippen molar-refractivity contribution >= 4 is 5.69 Å². The van der Waals surface area contributed by atoms with Crippen LogP contribution in [0, 0.1) is 5.92 Å². The minimum absolute atomic E-state index is 0.133. The number of hydrogen-bond acceptors (Lipinski definition) is 2. The van der Waals surface area contributed by atoms with E-state index in [2.05, 4.69) is 17.4 Å². The molecule has 0 bridgehead atoms. The molecule has 1 saturated heterocycles. The van der Waals surface area contributed by atoms with Gasteiger partial charge in [0.2, 0.25) is 0 Å². The van der Waals surface area contributed by atoms with Crippen molar-refractivity contribution in [3.63, 3.8) is 0 Å². The number of anilines is 1. The number of nitrogens with one attached hydrogen (secondary N) is 1. The summed E-state index contributed by atoms with van der Waals surface area (Å²) in [5.74, 6) is -1.16. The monoisotopic (exact) mass is 284 g/mol. The first-order valence-electron chi connectivity index (χ1n) is 7.17. The topological polar surface area (TPSA) is 15.3 Å². The lowest BCUT2D eigenvalue weighted by molar-refractivity contribution is -0.187. The molecular weight excluding hydrogens is 265 g/mol. The molecule has 2 aliphatic rings. The Morgan fingerprint density at radius 2 is 2.15 bits per heavy atom. The van der Waals surface area contributed by atoms with Crippen molar-refractivity contribution < 1.29 is 13.2 Å². The van der Waals surface area contributed by atoms with E-state index in [1.54, 1.807) is 0 Å². The number of fused-ring (bicyclic) bond motifs is 1. The van der Waals surface area contributed by atoms with Crippen molar-refractivity contribution in [1.82, 2.24) is 4.90 Å². The largest absolute Gasteiger partial charge is 0.393 e. The Balaban J connectivity index is 1.65. The van der Waals surface area contributed by atoms with Crippen molar-refractivity contribution in [3.8, 4) is 0 Å². The van der Waals surface area contributed by atoms with Crippen molar-refractivity contribution in [2.24, 2.45) is 5.92 Å². The van der Waals surface area contributed by atoms with Gasteiger partial charge in [0.05, 0.1) is 5.92 Å². The number of hydrogen-bond donors (Lipinski definition) is 1. The second kappa shape index (κ2) is 5.28. The van der Waals surface area contributed by atoms with Gasteiger partial charge in [-0.15, -0.1) is 0 Å². The third-order valence-electron chi connectivity index (χ3n) is 4.26. The van der Waals surface area contributed by atoms with Crippen molar-refractivity contribution in [2.75, 3.05) is 25.0 Å². The molecule has 0 saturated carbocycles. The third kappa shape index (κ3) is 2.92. The van der Waals surface area contributed by atoms with Gasteiger partial charge in [-0.1, -0.05) is 12.1 Å². The molecule has 2 aliphatic heterocycles. The van der Waals surface area contributed by atoms with Crippen LogP contribution in [0.25, 0.3) is 0 Å². The van der Waals surface area contributed by atoms with Gasteiger partial charge in [0.25, 0.3) is 0 Å². The van der Waals surface area contributed by atoms with Gasteiger partial charge < -0.3 is 5.32 Å². The van der Waals surface area contributed by atoms with Gasteiger partial charge in [-0.3, -0.25) is 4.90 Å². The van der Waals surface area contributed by atoms with E-state index < -0.39 is 12.1 Å². The van der Waals surface area contributed by atoms with Crippen LogP contribution in [0.3, 0.4) is 0 Å². The summed E-state index contributed by atoms with van der Waals surface area (Å²) < 4.78 is 38.4. The van der Waals surface area contributed by atoms with E-state index in [1.165, 1.54) is 5.56 Å². The highest BCUT2D eigenvalue weighted by Crippen LogP contribution is 2.33. The number of piperidine rings is 1. The molecule has 1 aromatic carbocycles. The van der Waals surface area contributed by atoms with Gasteiger partial charge in [0.15, 0.2) is 0 Å². The van der Waals surface area contributed by atoms with Crippen molar-refractivity contribution in [3.05, 3.63) is 29.3 Å². The van der Waals surface area contributed by atoms with Crippen LogP contribution in [0.4, 0.5) is 18.9 Å². The Bertz CT molecular complexity index is 484. The lowest BCUT2D eigenvalue weighted by atomic mass is 9.97. The summed E-state index contributed by atoms with van der Waals surface area (Å²) in [6.45, 7) is 2.46. The molecule has 2 nitrogen and oxygen atoms in total. The third-order valence-corrected chi connectivity index (χ3v) is 4.26. The van der Waals surface area contributed by atoms with Gasteiger partial charge in [-0.25, -0.2) is 0 Å². The first kappa shape index (κ1) is 13.7. The average molecular weight is 284 g/mol. The van der Waals surface area contributed by atoms with Gasteiger partial charge in [0.1, 0.15) is 0 Å². The molecule has 1 aromatic rings. The predicted octanol–water partition coefficient (Wildman–Crippen LogP) is 3.43. The number of halogens is 3. The number of benzene rings is 1. The highest BCUT2D eigenvalue weighted by molar-refractivity contribution is 5.57. The predicted molar refractivity (Wildman–Crippen MR) is 72.7 cm³/mol. The molecule has 1 N–H and O–H groups in total. The Kier molecular flexibility index (Phi) is 3.63. The summed E-state index contributed by atoms with van der Waals surface area (Å²) in [5.41, 5.74) is 3.55. The number of alkyl halides is 3. The Hall–Kier alpha value is -1.23. The van der Waals surface area contributed by atoms with Crippen LogP contribution in [0.2, 0.25) is 0 Å². The molecule has 0 aromatic heterocycles. The maximum atomic E-state index is 12.8. The quantitative estimate of drug-likeness (QED) is 0.895. The summed E-state index contributed by atoms with van der Waals surface area (Å²) in [4.78, 5) is 1.93. The van der Waals surface area contributed by atoms with E-state index in [4.69, 9.17) is 0 Å². The average Bonchev–Trinajstić information content (AvgIpc) is 2.85. The molecule has 3 rings (SSSR count). The molecule has 1 unspecified atom stereocenters. The second-order valence-corrected chi connectivity index (χ2v) is 5.78. The summed E-state index contributed by atoms with van der Waals surface area (Å²) >= 11 is 0. The number of nitrogens with zero attached hydrogens (tertiary/aromatic N) is 1. The summed E-state index contributed by atoms with van der Waals surface area (Å²) in [6.07, 6.45) is -2.12. The SMILES string of the molecule is FC(F)(F)C1CCCN(Cc2ccc3c(c2)NCC3)C1. The zero-order valence-corrected chi connectivity index (χ0v) is 11.3. The first-order valence-corrected chi connectivity index (χ1v) is 7.17. The van der Waals surface area contributed by atoms with Gasteiger partial charge >= 0.3 is 6.18 Å². The minimum atomic E-state index is -4.06. The molecule has 2 heterocycles. The summed E-state index contributed by atoms with van der Waals surface area (Å²) in [5, 5.41) is 3.31. The van der Waals surface area contributed by atoms with Crippen LogP contribution < -0.4 is 5.32 Å². The fourth-order valence-electron chi connectivity index (χ4n) is 3.16. The Labute approximate surface area is 117 Å². The lowest BCUT2D eigenvalue weighted by Crippen LogP contribution is -2.41. The van der Waals surface area contributed by atoms with Crippen LogP contribution >= 0.6 is 0 Å². The molecule has 20 heavy (non-hydrogen) atoms. The number of rotatable bonds is 2.